The van der Waals surface area contributed by atoms with Crippen LogP contribution in [0.4, 0.5) is 0 Å². The van der Waals surface area contributed by atoms with Gasteiger partial charge in [0.15, 0.2) is 6.10 Å². The van der Waals surface area contributed by atoms with Crippen LogP contribution in [0.1, 0.15) is 316 Å². The molecule has 0 aromatic carbocycles. The molecule has 6 nitrogen and oxygen atoms in total. The van der Waals surface area contributed by atoms with E-state index in [4.69, 9.17) is 14.2 Å². The maximum Gasteiger partial charge on any atom is 0.306 e. The quantitative estimate of drug-likeness (QED) is 0.0261. The standard InChI is InChI=1S/C65H116O6/c1-4-7-10-13-16-19-21-23-25-27-28-29-30-31-32-33-34-35-36-38-39-41-43-46-49-52-55-58-64(67)70-61-62(60-69-63(66)57-54-51-48-45-18-15-12-9-6-3)71-65(68)59-56-53-50-47-44-42-40-37-26-24-22-20-17-14-11-8-5-2/h7,10,16,19,23-26,28-29,62H,4-6,8-9,11-15,17-18,20-22,27,30-61H2,1-3H3/b10-7-,19-16-,25-23-,26-24-,29-28-. The molecule has 0 aliphatic carbocycles. The van der Waals surface area contributed by atoms with Crippen LogP contribution in [0.2, 0.25) is 0 Å². The van der Waals surface area contributed by atoms with Gasteiger partial charge in [-0.3, -0.25) is 14.4 Å². The summed E-state index contributed by atoms with van der Waals surface area (Å²) in [5.41, 5.74) is 0. The third kappa shape index (κ3) is 57.9. The molecule has 6 heteroatoms. The van der Waals surface area contributed by atoms with E-state index in [1.54, 1.807) is 0 Å². The molecule has 0 bridgehead atoms. The molecule has 0 rings (SSSR count). The van der Waals surface area contributed by atoms with E-state index in [1.165, 1.54) is 193 Å². The highest BCUT2D eigenvalue weighted by Crippen LogP contribution is 2.17. The first kappa shape index (κ1) is 68.1. The summed E-state index contributed by atoms with van der Waals surface area (Å²) in [6.45, 7) is 6.53. The van der Waals surface area contributed by atoms with Crippen molar-refractivity contribution in [1.29, 1.82) is 0 Å². The van der Waals surface area contributed by atoms with Gasteiger partial charge in [0.1, 0.15) is 13.2 Å². The summed E-state index contributed by atoms with van der Waals surface area (Å²) < 4.78 is 16.9. The Kier molecular flexibility index (Phi) is 57.2. The summed E-state index contributed by atoms with van der Waals surface area (Å²) in [4.78, 5) is 38.1. The predicted molar refractivity (Wildman–Crippen MR) is 307 cm³/mol. The Hall–Kier alpha value is -2.89. The van der Waals surface area contributed by atoms with Crippen LogP contribution in [0.25, 0.3) is 0 Å². The van der Waals surface area contributed by atoms with E-state index in [1.807, 2.05) is 0 Å². The number of allylic oxidation sites excluding steroid dienone is 10. The molecule has 0 fully saturated rings. The normalized spacial score (nSPS) is 12.4. The van der Waals surface area contributed by atoms with Crippen molar-refractivity contribution in [3.63, 3.8) is 0 Å². The highest BCUT2D eigenvalue weighted by Gasteiger charge is 2.19. The lowest BCUT2D eigenvalue weighted by Crippen LogP contribution is -2.30. The van der Waals surface area contributed by atoms with Crippen LogP contribution in [0.5, 0.6) is 0 Å². The second-order valence-electron chi connectivity index (χ2n) is 20.6. The number of ether oxygens (including phenoxy) is 3. The van der Waals surface area contributed by atoms with Gasteiger partial charge < -0.3 is 14.2 Å². The first-order valence-electron chi connectivity index (χ1n) is 30.8. The van der Waals surface area contributed by atoms with Crippen LogP contribution in [0, 0.1) is 0 Å². The van der Waals surface area contributed by atoms with Crippen molar-refractivity contribution in [1.82, 2.24) is 0 Å². The molecule has 0 saturated heterocycles. The Morgan fingerprint density at radius 2 is 0.549 bits per heavy atom. The van der Waals surface area contributed by atoms with Gasteiger partial charge in [-0.1, -0.05) is 274 Å². The maximum atomic E-state index is 12.8. The molecule has 412 valence electrons. The zero-order valence-electron chi connectivity index (χ0n) is 47.2. The van der Waals surface area contributed by atoms with E-state index in [2.05, 4.69) is 81.5 Å². The summed E-state index contributed by atoms with van der Waals surface area (Å²) in [5, 5.41) is 0. The smallest absolute Gasteiger partial charge is 0.306 e. The Morgan fingerprint density at radius 3 is 0.873 bits per heavy atom. The zero-order valence-corrected chi connectivity index (χ0v) is 47.2. The van der Waals surface area contributed by atoms with E-state index in [0.717, 1.165) is 83.5 Å². The van der Waals surface area contributed by atoms with Crippen molar-refractivity contribution in [3.8, 4) is 0 Å². The van der Waals surface area contributed by atoms with Crippen molar-refractivity contribution in [3.05, 3.63) is 60.8 Å². The Labute approximate surface area is 440 Å². The molecule has 0 spiro atoms. The average molecular weight is 994 g/mol. The first-order valence-corrected chi connectivity index (χ1v) is 30.8. The monoisotopic (exact) mass is 993 g/mol. The largest absolute Gasteiger partial charge is 0.462 e. The fraction of sp³-hybridized carbons (Fsp3) is 0.800. The van der Waals surface area contributed by atoms with Crippen LogP contribution in [-0.2, 0) is 28.6 Å². The SMILES string of the molecule is CC/C=C\C/C=C\C/C=C\C/C=C\CCCCCCCCCCCCCCCCC(=O)OCC(COC(=O)CCCCCCCCCCC)OC(=O)CCCCCCCCC/C=C\CCCCCCCC. The van der Waals surface area contributed by atoms with Gasteiger partial charge in [-0.25, -0.2) is 0 Å². The number of unbranched alkanes of at least 4 members (excludes halogenated alkanes) is 35. The lowest BCUT2D eigenvalue weighted by Gasteiger charge is -2.18. The molecule has 0 amide bonds. The van der Waals surface area contributed by atoms with Crippen LogP contribution in [0.3, 0.4) is 0 Å². The molecule has 71 heavy (non-hydrogen) atoms. The number of esters is 3. The summed E-state index contributed by atoms with van der Waals surface area (Å²) in [5.74, 6) is -0.865. The second kappa shape index (κ2) is 59.7. The summed E-state index contributed by atoms with van der Waals surface area (Å²) in [6, 6.07) is 0. The minimum Gasteiger partial charge on any atom is -0.462 e. The Morgan fingerprint density at radius 1 is 0.296 bits per heavy atom. The topological polar surface area (TPSA) is 78.9 Å². The molecule has 0 heterocycles. The zero-order chi connectivity index (χ0) is 51.4. The molecule has 0 aromatic rings. The summed E-state index contributed by atoms with van der Waals surface area (Å²) in [7, 11) is 0. The molecule has 0 saturated carbocycles. The third-order valence-corrected chi connectivity index (χ3v) is 13.5. The van der Waals surface area contributed by atoms with Crippen LogP contribution >= 0.6 is 0 Å². The minimum atomic E-state index is -0.773. The van der Waals surface area contributed by atoms with Crippen molar-refractivity contribution in [2.75, 3.05) is 13.2 Å². The molecule has 0 N–H and O–H groups in total. The van der Waals surface area contributed by atoms with Crippen LogP contribution < -0.4 is 0 Å². The second-order valence-corrected chi connectivity index (χ2v) is 20.6. The van der Waals surface area contributed by atoms with Crippen molar-refractivity contribution < 1.29 is 28.6 Å². The van der Waals surface area contributed by atoms with Crippen LogP contribution in [0.15, 0.2) is 60.8 Å². The number of carbonyl (C=O) groups excluding carboxylic acids is 3. The fourth-order valence-electron chi connectivity index (χ4n) is 8.90. The van der Waals surface area contributed by atoms with E-state index in [9.17, 15) is 14.4 Å². The van der Waals surface area contributed by atoms with Gasteiger partial charge in [0.05, 0.1) is 0 Å². The summed E-state index contributed by atoms with van der Waals surface area (Å²) >= 11 is 0. The third-order valence-electron chi connectivity index (χ3n) is 13.5. The van der Waals surface area contributed by atoms with E-state index >= 15 is 0 Å². The number of carbonyl (C=O) groups is 3. The number of hydrogen-bond donors (Lipinski definition) is 0. The van der Waals surface area contributed by atoms with Gasteiger partial charge in [-0.15, -0.1) is 0 Å². The predicted octanol–water partition coefficient (Wildman–Crippen LogP) is 20.8. The van der Waals surface area contributed by atoms with Crippen LogP contribution in [-0.4, -0.2) is 37.2 Å². The van der Waals surface area contributed by atoms with E-state index < -0.39 is 6.10 Å². The Balaban J connectivity index is 4.16. The van der Waals surface area contributed by atoms with Crippen molar-refractivity contribution >= 4 is 17.9 Å². The molecule has 1 unspecified atom stereocenters. The Bertz CT molecular complexity index is 1280. The number of hydrogen-bond acceptors (Lipinski definition) is 6. The number of rotatable bonds is 56. The molecule has 0 aliphatic rings. The average Bonchev–Trinajstić information content (AvgIpc) is 3.37. The lowest BCUT2D eigenvalue weighted by molar-refractivity contribution is -0.167. The summed E-state index contributed by atoms with van der Waals surface area (Å²) in [6.07, 6.45) is 75.2. The van der Waals surface area contributed by atoms with Gasteiger partial charge >= 0.3 is 17.9 Å². The minimum absolute atomic E-state index is 0.0721. The van der Waals surface area contributed by atoms with Gasteiger partial charge in [0.2, 0.25) is 0 Å². The lowest BCUT2D eigenvalue weighted by atomic mass is 10.0. The molecular formula is C65H116O6. The van der Waals surface area contributed by atoms with Crippen molar-refractivity contribution in [2.24, 2.45) is 0 Å². The van der Waals surface area contributed by atoms with Gasteiger partial charge in [0, 0.05) is 19.3 Å². The molecular weight excluding hydrogens is 877 g/mol. The van der Waals surface area contributed by atoms with E-state index in [-0.39, 0.29) is 31.1 Å². The maximum absolute atomic E-state index is 12.8. The molecule has 1 atom stereocenters. The highest BCUT2D eigenvalue weighted by molar-refractivity contribution is 5.71. The molecule has 0 aromatic heterocycles. The van der Waals surface area contributed by atoms with Crippen molar-refractivity contribution in [2.45, 2.75) is 322 Å². The van der Waals surface area contributed by atoms with Gasteiger partial charge in [0.25, 0.3) is 0 Å². The molecule has 0 aliphatic heterocycles. The fourth-order valence-corrected chi connectivity index (χ4v) is 8.90. The van der Waals surface area contributed by atoms with E-state index in [0.29, 0.717) is 19.3 Å². The highest BCUT2D eigenvalue weighted by atomic mass is 16.6. The van der Waals surface area contributed by atoms with Gasteiger partial charge in [-0.05, 0) is 83.5 Å². The van der Waals surface area contributed by atoms with Gasteiger partial charge in [-0.2, -0.15) is 0 Å². The molecule has 0 radical (unpaired) electrons. The first-order chi connectivity index (χ1) is 35.0.